The molecule has 5 nitrogen and oxygen atoms in total. The molecule has 0 spiro atoms. The fraction of sp³-hybridized carbons (Fsp3) is 0.556. The van der Waals surface area contributed by atoms with Crippen LogP contribution in [0, 0.1) is 0 Å². The predicted octanol–water partition coefficient (Wildman–Crippen LogP) is 1.38. The minimum atomic E-state index is -0.447. The molecule has 0 saturated carbocycles. The third-order valence-corrected chi connectivity index (χ3v) is 4.12. The van der Waals surface area contributed by atoms with Gasteiger partial charge < -0.3 is 16.0 Å². The Morgan fingerprint density at radius 1 is 1.30 bits per heavy atom. The lowest BCUT2D eigenvalue weighted by Gasteiger charge is -2.19. The number of carbonyl (C=O) groups excluding carboxylic acids is 2. The summed E-state index contributed by atoms with van der Waals surface area (Å²) in [5.41, 5.74) is 0.954. The molecule has 1 aromatic carbocycles. The van der Waals surface area contributed by atoms with Crippen molar-refractivity contribution >= 4 is 11.8 Å². The molecular formula is C18H27N3O2. The lowest BCUT2D eigenvalue weighted by Crippen LogP contribution is -2.49. The molecule has 0 bridgehead atoms. The molecule has 3 N–H and O–H groups in total. The minimum absolute atomic E-state index is 0.0815. The number of benzene rings is 1. The Morgan fingerprint density at radius 2 is 2.09 bits per heavy atom. The molecule has 0 aromatic heterocycles. The van der Waals surface area contributed by atoms with Crippen molar-refractivity contribution in [3.63, 3.8) is 0 Å². The summed E-state index contributed by atoms with van der Waals surface area (Å²) in [5, 5.41) is 9.19. The van der Waals surface area contributed by atoms with Gasteiger partial charge in [0, 0.05) is 12.6 Å². The molecule has 1 fully saturated rings. The van der Waals surface area contributed by atoms with E-state index in [4.69, 9.17) is 0 Å². The van der Waals surface area contributed by atoms with Crippen LogP contribution in [0.1, 0.15) is 38.2 Å². The van der Waals surface area contributed by atoms with Crippen LogP contribution in [0.5, 0.6) is 0 Å². The Hall–Kier alpha value is -1.88. The summed E-state index contributed by atoms with van der Waals surface area (Å²) in [7, 11) is 0. The van der Waals surface area contributed by atoms with Crippen LogP contribution >= 0.6 is 0 Å². The van der Waals surface area contributed by atoms with Gasteiger partial charge in [-0.05, 0) is 31.4 Å². The van der Waals surface area contributed by atoms with Crippen LogP contribution in [0.4, 0.5) is 0 Å². The molecule has 126 valence electrons. The van der Waals surface area contributed by atoms with E-state index in [1.54, 1.807) is 0 Å². The quantitative estimate of drug-likeness (QED) is 0.678. The van der Waals surface area contributed by atoms with Crippen molar-refractivity contribution in [3.05, 3.63) is 35.9 Å². The van der Waals surface area contributed by atoms with E-state index in [1.165, 1.54) is 0 Å². The first-order chi connectivity index (χ1) is 11.2. The Morgan fingerprint density at radius 3 is 2.74 bits per heavy atom. The van der Waals surface area contributed by atoms with Crippen molar-refractivity contribution in [2.75, 3.05) is 13.1 Å². The number of hydrogen-bond acceptors (Lipinski definition) is 3. The fourth-order valence-corrected chi connectivity index (χ4v) is 2.86. The first-order valence-electron chi connectivity index (χ1n) is 8.53. The van der Waals surface area contributed by atoms with Crippen molar-refractivity contribution in [2.45, 2.75) is 51.1 Å². The van der Waals surface area contributed by atoms with Crippen molar-refractivity contribution < 1.29 is 9.59 Å². The first-order valence-corrected chi connectivity index (χ1v) is 8.53. The van der Waals surface area contributed by atoms with E-state index < -0.39 is 6.04 Å². The highest BCUT2D eigenvalue weighted by atomic mass is 16.2. The highest BCUT2D eigenvalue weighted by Crippen LogP contribution is 2.05. The second-order valence-electron chi connectivity index (χ2n) is 6.11. The molecule has 1 heterocycles. The second kappa shape index (κ2) is 9.30. The van der Waals surface area contributed by atoms with E-state index in [9.17, 15) is 9.59 Å². The van der Waals surface area contributed by atoms with E-state index in [0.29, 0.717) is 25.4 Å². The summed E-state index contributed by atoms with van der Waals surface area (Å²) in [6.07, 6.45) is 4.07. The maximum absolute atomic E-state index is 12.3. The van der Waals surface area contributed by atoms with Gasteiger partial charge in [0.2, 0.25) is 11.8 Å². The van der Waals surface area contributed by atoms with E-state index in [1.807, 2.05) is 37.3 Å². The smallest absolute Gasteiger partial charge is 0.242 e. The molecule has 1 aliphatic heterocycles. The third-order valence-electron chi connectivity index (χ3n) is 4.12. The summed E-state index contributed by atoms with van der Waals surface area (Å²) in [6.45, 7) is 3.67. The molecular weight excluding hydrogens is 290 g/mol. The average molecular weight is 317 g/mol. The second-order valence-corrected chi connectivity index (χ2v) is 6.11. The van der Waals surface area contributed by atoms with Gasteiger partial charge in [0.15, 0.2) is 0 Å². The van der Waals surface area contributed by atoms with Gasteiger partial charge in [-0.3, -0.25) is 9.59 Å². The van der Waals surface area contributed by atoms with Gasteiger partial charge >= 0.3 is 0 Å². The van der Waals surface area contributed by atoms with Crippen LogP contribution in [0.15, 0.2) is 30.3 Å². The summed E-state index contributed by atoms with van der Waals surface area (Å²) in [6, 6.07) is 9.49. The highest BCUT2D eigenvalue weighted by Gasteiger charge is 2.21. The van der Waals surface area contributed by atoms with Crippen LogP contribution < -0.4 is 16.0 Å². The zero-order valence-electron chi connectivity index (χ0n) is 13.8. The van der Waals surface area contributed by atoms with E-state index in [0.717, 1.165) is 31.4 Å². The van der Waals surface area contributed by atoms with Crippen LogP contribution in [-0.4, -0.2) is 37.0 Å². The van der Waals surface area contributed by atoms with Gasteiger partial charge in [-0.15, -0.1) is 0 Å². The summed E-state index contributed by atoms with van der Waals surface area (Å²) < 4.78 is 0. The van der Waals surface area contributed by atoms with Gasteiger partial charge in [0.25, 0.3) is 0 Å². The minimum Gasteiger partial charge on any atom is -0.353 e. The number of amides is 2. The third kappa shape index (κ3) is 6.02. The number of nitrogens with one attached hydrogen (secondary N) is 3. The van der Waals surface area contributed by atoms with E-state index in [2.05, 4.69) is 16.0 Å². The standard InChI is InChI=1S/C18H27N3O2/c1-2-7-16(18(23)20-13-15-10-6-11-19-15)21-17(22)12-14-8-4-3-5-9-14/h3-5,8-9,15-16,19H,2,6-7,10-13H2,1H3,(H,20,23)(H,21,22). The van der Waals surface area contributed by atoms with Crippen molar-refractivity contribution in [1.29, 1.82) is 0 Å². The average Bonchev–Trinajstić information content (AvgIpc) is 3.06. The lowest BCUT2D eigenvalue weighted by atomic mass is 10.1. The lowest BCUT2D eigenvalue weighted by molar-refractivity contribution is -0.128. The molecule has 23 heavy (non-hydrogen) atoms. The number of rotatable bonds is 8. The summed E-state index contributed by atoms with van der Waals surface area (Å²) >= 11 is 0. The zero-order chi connectivity index (χ0) is 16.5. The summed E-state index contributed by atoms with van der Waals surface area (Å²) in [5.74, 6) is -0.189. The largest absolute Gasteiger partial charge is 0.353 e. The predicted molar refractivity (Wildman–Crippen MR) is 91.0 cm³/mol. The summed E-state index contributed by atoms with van der Waals surface area (Å²) in [4.78, 5) is 24.5. The molecule has 5 heteroatoms. The van der Waals surface area contributed by atoms with Crippen LogP contribution in [-0.2, 0) is 16.0 Å². The fourth-order valence-electron chi connectivity index (χ4n) is 2.86. The van der Waals surface area contributed by atoms with E-state index >= 15 is 0 Å². The number of carbonyl (C=O) groups is 2. The van der Waals surface area contributed by atoms with Crippen LogP contribution in [0.25, 0.3) is 0 Å². The molecule has 2 rings (SSSR count). The van der Waals surface area contributed by atoms with Gasteiger partial charge in [0.1, 0.15) is 6.04 Å². The molecule has 1 aromatic rings. The molecule has 1 aliphatic rings. The molecule has 2 atom stereocenters. The van der Waals surface area contributed by atoms with Crippen LogP contribution in [0.2, 0.25) is 0 Å². The SMILES string of the molecule is CCCC(NC(=O)Cc1ccccc1)C(=O)NCC1CCCN1. The van der Waals surface area contributed by atoms with Gasteiger partial charge in [-0.2, -0.15) is 0 Å². The van der Waals surface area contributed by atoms with Crippen molar-refractivity contribution in [2.24, 2.45) is 0 Å². The Kier molecular flexibility index (Phi) is 7.07. The molecule has 2 amide bonds. The number of hydrogen-bond donors (Lipinski definition) is 3. The Balaban J connectivity index is 1.81. The zero-order valence-corrected chi connectivity index (χ0v) is 13.8. The van der Waals surface area contributed by atoms with E-state index in [-0.39, 0.29) is 11.8 Å². The van der Waals surface area contributed by atoms with Crippen LogP contribution in [0.3, 0.4) is 0 Å². The molecule has 0 aliphatic carbocycles. The molecule has 0 radical (unpaired) electrons. The van der Waals surface area contributed by atoms with Gasteiger partial charge in [0.05, 0.1) is 6.42 Å². The Bertz CT molecular complexity index is 498. The van der Waals surface area contributed by atoms with Gasteiger partial charge in [-0.1, -0.05) is 43.7 Å². The van der Waals surface area contributed by atoms with Crippen molar-refractivity contribution in [1.82, 2.24) is 16.0 Å². The monoisotopic (exact) mass is 317 g/mol. The topological polar surface area (TPSA) is 70.2 Å². The normalized spacial score (nSPS) is 18.4. The maximum Gasteiger partial charge on any atom is 0.242 e. The Labute approximate surface area is 138 Å². The molecule has 2 unspecified atom stereocenters. The maximum atomic E-state index is 12.3. The molecule has 1 saturated heterocycles. The van der Waals surface area contributed by atoms with Gasteiger partial charge in [-0.25, -0.2) is 0 Å². The first kappa shape index (κ1) is 17.5. The highest BCUT2D eigenvalue weighted by molar-refractivity contribution is 5.88. The van der Waals surface area contributed by atoms with Crippen molar-refractivity contribution in [3.8, 4) is 0 Å².